The number of rotatable bonds is 6. The topological polar surface area (TPSA) is 29.9 Å². The molecule has 0 spiro atoms. The number of hydrogen-bond acceptors (Lipinski definition) is 3. The van der Waals surface area contributed by atoms with Crippen LogP contribution in [0.1, 0.15) is 50.6 Å². The molecule has 2 aromatic heterocycles. The van der Waals surface area contributed by atoms with Crippen LogP contribution in [0.2, 0.25) is 0 Å². The van der Waals surface area contributed by atoms with Gasteiger partial charge in [-0.25, -0.2) is 0 Å². The summed E-state index contributed by atoms with van der Waals surface area (Å²) in [4.78, 5) is 1.86. The zero-order valence-electron chi connectivity index (χ0n) is 14.7. The molecule has 136 valence electrons. The molecule has 3 nitrogen and oxygen atoms in total. The van der Waals surface area contributed by atoms with Crippen molar-refractivity contribution >= 4 is 11.3 Å². The molecule has 0 saturated heterocycles. The number of alkyl halides is 3. The number of thiophene rings is 1. The molecule has 0 saturated carbocycles. The van der Waals surface area contributed by atoms with Crippen LogP contribution in [0.25, 0.3) is 10.6 Å². The fraction of sp³-hybridized carbons (Fsp3) is 0.588. The first-order valence-electron chi connectivity index (χ1n) is 8.24. The summed E-state index contributed by atoms with van der Waals surface area (Å²) in [5.41, 5.74) is -0.358. The first kappa shape index (κ1) is 20.7. The van der Waals surface area contributed by atoms with Crippen LogP contribution in [-0.2, 0) is 19.8 Å². The number of hydrogen-bond donors (Lipinski definition) is 1. The van der Waals surface area contributed by atoms with E-state index in [1.165, 1.54) is 24.8 Å². The lowest BCUT2D eigenvalue weighted by Crippen LogP contribution is -2.13. The van der Waals surface area contributed by atoms with E-state index in [0.29, 0.717) is 5.69 Å². The van der Waals surface area contributed by atoms with Crippen molar-refractivity contribution < 1.29 is 13.2 Å². The third kappa shape index (κ3) is 6.28. The lowest BCUT2D eigenvalue weighted by atomic mass is 10.3. The van der Waals surface area contributed by atoms with Crippen molar-refractivity contribution in [2.45, 2.75) is 52.8 Å². The molecule has 0 bridgehead atoms. The molecule has 2 rings (SSSR count). The lowest BCUT2D eigenvalue weighted by Gasteiger charge is -2.04. The Morgan fingerprint density at radius 1 is 1.21 bits per heavy atom. The fourth-order valence-corrected chi connectivity index (χ4v) is 2.91. The number of nitrogens with one attached hydrogen (secondary N) is 1. The number of nitrogens with zero attached hydrogens (tertiary/aromatic N) is 2. The third-order valence-corrected chi connectivity index (χ3v) is 4.20. The molecule has 0 amide bonds. The highest BCUT2D eigenvalue weighted by Gasteiger charge is 2.35. The van der Waals surface area contributed by atoms with Gasteiger partial charge in [0.25, 0.3) is 0 Å². The summed E-state index contributed by atoms with van der Waals surface area (Å²) in [7, 11) is 1.31. The molecule has 24 heavy (non-hydrogen) atoms. The van der Waals surface area contributed by atoms with Gasteiger partial charge in [-0.3, -0.25) is 4.68 Å². The molecule has 0 aliphatic carbocycles. The van der Waals surface area contributed by atoms with E-state index in [1.54, 1.807) is 0 Å². The van der Waals surface area contributed by atoms with E-state index in [0.717, 1.165) is 46.4 Å². The van der Waals surface area contributed by atoms with Gasteiger partial charge in [0.1, 0.15) is 11.4 Å². The highest BCUT2D eigenvalue weighted by Crippen LogP contribution is 2.34. The van der Waals surface area contributed by atoms with E-state index in [9.17, 15) is 13.2 Å². The quantitative estimate of drug-likeness (QED) is 0.691. The minimum atomic E-state index is -4.37. The molecule has 0 radical (unpaired) electrons. The Balaban J connectivity index is 0.000000891. The van der Waals surface area contributed by atoms with Gasteiger partial charge in [0.15, 0.2) is 0 Å². The SMILES string of the molecule is CCC.CCCCNCc1ccc(-c2cc(C(F)(F)F)n(C)n2)s1. The van der Waals surface area contributed by atoms with E-state index in [-0.39, 0.29) is 0 Å². The van der Waals surface area contributed by atoms with Gasteiger partial charge in [-0.05, 0) is 31.2 Å². The largest absolute Gasteiger partial charge is 0.433 e. The van der Waals surface area contributed by atoms with Gasteiger partial charge in [0.05, 0.1) is 4.88 Å². The molecule has 0 fully saturated rings. The van der Waals surface area contributed by atoms with E-state index in [4.69, 9.17) is 0 Å². The fourth-order valence-electron chi connectivity index (χ4n) is 1.98. The summed E-state index contributed by atoms with van der Waals surface area (Å²) in [6, 6.07) is 4.85. The van der Waals surface area contributed by atoms with Crippen molar-refractivity contribution in [1.29, 1.82) is 0 Å². The first-order valence-corrected chi connectivity index (χ1v) is 9.06. The van der Waals surface area contributed by atoms with E-state index in [2.05, 4.69) is 31.2 Å². The standard InChI is InChI=1S/C14H18F3N3S.C3H8/c1-3-4-7-18-9-10-5-6-12(21-10)11-8-13(14(15,16)17)20(2)19-11;1-3-2/h5-6,8,18H,3-4,7,9H2,1-2H3;3H2,1-2H3. The van der Waals surface area contributed by atoms with Crippen LogP contribution in [0.5, 0.6) is 0 Å². The predicted octanol–water partition coefficient (Wildman–Crippen LogP) is 5.47. The van der Waals surface area contributed by atoms with Crippen LogP contribution in [0.4, 0.5) is 13.2 Å². The number of aryl methyl sites for hydroxylation is 1. The Kier molecular flexibility index (Phi) is 8.48. The van der Waals surface area contributed by atoms with Crippen molar-refractivity contribution in [2.24, 2.45) is 7.05 Å². The van der Waals surface area contributed by atoms with Gasteiger partial charge in [0.2, 0.25) is 0 Å². The van der Waals surface area contributed by atoms with Crippen molar-refractivity contribution in [1.82, 2.24) is 15.1 Å². The number of halogens is 3. The minimum absolute atomic E-state index is 0.370. The Bertz CT molecular complexity index is 602. The van der Waals surface area contributed by atoms with Crippen molar-refractivity contribution in [2.75, 3.05) is 6.54 Å². The summed E-state index contributed by atoms with van der Waals surface area (Å²) in [5.74, 6) is 0. The first-order chi connectivity index (χ1) is 11.3. The zero-order valence-corrected chi connectivity index (χ0v) is 15.5. The van der Waals surface area contributed by atoms with Crippen molar-refractivity contribution in [3.8, 4) is 10.6 Å². The van der Waals surface area contributed by atoms with Crippen molar-refractivity contribution in [3.63, 3.8) is 0 Å². The molecular weight excluding hydrogens is 335 g/mol. The third-order valence-electron chi connectivity index (χ3n) is 3.09. The van der Waals surface area contributed by atoms with E-state index in [1.807, 2.05) is 12.1 Å². The summed E-state index contributed by atoms with van der Waals surface area (Å²) in [6.45, 7) is 8.07. The highest BCUT2D eigenvalue weighted by atomic mass is 32.1. The summed E-state index contributed by atoms with van der Waals surface area (Å²) in [5, 5.41) is 7.27. The van der Waals surface area contributed by atoms with Gasteiger partial charge in [-0.2, -0.15) is 18.3 Å². The summed E-state index contributed by atoms with van der Waals surface area (Å²) < 4.78 is 39.1. The Morgan fingerprint density at radius 3 is 2.42 bits per heavy atom. The Hall–Kier alpha value is -1.34. The molecular formula is C17H26F3N3S. The smallest absolute Gasteiger partial charge is 0.312 e. The zero-order chi connectivity index (χ0) is 18.2. The average molecular weight is 361 g/mol. The van der Waals surface area contributed by atoms with Crippen LogP contribution in [0.15, 0.2) is 18.2 Å². The molecule has 7 heteroatoms. The van der Waals surface area contributed by atoms with Gasteiger partial charge in [-0.1, -0.05) is 33.6 Å². The second kappa shape index (κ2) is 9.84. The maximum Gasteiger partial charge on any atom is 0.433 e. The van der Waals surface area contributed by atoms with Crippen LogP contribution < -0.4 is 5.32 Å². The molecule has 0 aliphatic heterocycles. The van der Waals surface area contributed by atoms with Crippen LogP contribution in [-0.4, -0.2) is 16.3 Å². The van der Waals surface area contributed by atoms with E-state index < -0.39 is 11.9 Å². The van der Waals surface area contributed by atoms with Gasteiger partial charge < -0.3 is 5.32 Å². The van der Waals surface area contributed by atoms with Crippen LogP contribution in [0, 0.1) is 0 Å². The Labute approximate surface area is 145 Å². The predicted molar refractivity (Wildman–Crippen MR) is 94.1 cm³/mol. The molecule has 2 aromatic rings. The molecule has 0 aliphatic rings. The lowest BCUT2D eigenvalue weighted by molar-refractivity contribution is -0.143. The second-order valence-electron chi connectivity index (χ2n) is 5.54. The van der Waals surface area contributed by atoms with Crippen LogP contribution in [0.3, 0.4) is 0 Å². The van der Waals surface area contributed by atoms with Crippen molar-refractivity contribution in [3.05, 3.63) is 28.8 Å². The van der Waals surface area contributed by atoms with Gasteiger partial charge in [0, 0.05) is 18.5 Å². The summed E-state index contributed by atoms with van der Waals surface area (Å²) in [6.07, 6.45) is -0.869. The molecule has 0 atom stereocenters. The second-order valence-corrected chi connectivity index (χ2v) is 6.71. The van der Waals surface area contributed by atoms with Crippen LogP contribution >= 0.6 is 11.3 Å². The maximum atomic E-state index is 12.8. The summed E-state index contributed by atoms with van der Waals surface area (Å²) >= 11 is 1.47. The number of aromatic nitrogens is 2. The van der Waals surface area contributed by atoms with Gasteiger partial charge in [-0.15, -0.1) is 11.3 Å². The molecule has 0 unspecified atom stereocenters. The minimum Gasteiger partial charge on any atom is -0.312 e. The number of unbranched alkanes of at least 4 members (excludes halogenated alkanes) is 1. The maximum absolute atomic E-state index is 12.8. The molecule has 1 N–H and O–H groups in total. The molecule has 2 heterocycles. The molecule has 0 aromatic carbocycles. The van der Waals surface area contributed by atoms with E-state index >= 15 is 0 Å². The normalized spacial score (nSPS) is 11.3. The monoisotopic (exact) mass is 361 g/mol. The van der Waals surface area contributed by atoms with Gasteiger partial charge >= 0.3 is 6.18 Å². The average Bonchev–Trinajstić information content (AvgIpc) is 3.10. The Morgan fingerprint density at radius 2 is 1.88 bits per heavy atom. The highest BCUT2D eigenvalue weighted by molar-refractivity contribution is 7.15.